The molecule has 0 bridgehead atoms. The first-order valence-corrected chi connectivity index (χ1v) is 4.42. The molecule has 0 atom stereocenters. The van der Waals surface area contributed by atoms with Gasteiger partial charge in [-0.15, -0.1) is 0 Å². The summed E-state index contributed by atoms with van der Waals surface area (Å²) >= 11 is 0. The molecule has 0 aliphatic rings. The normalized spacial score (nSPS) is 10.7. The van der Waals surface area contributed by atoms with E-state index in [9.17, 15) is 0 Å². The Morgan fingerprint density at radius 2 is 2.29 bits per heavy atom. The minimum absolute atomic E-state index is 0.674. The molecule has 2 aromatic rings. The van der Waals surface area contributed by atoms with Crippen molar-refractivity contribution >= 4 is 5.82 Å². The van der Waals surface area contributed by atoms with Gasteiger partial charge >= 0.3 is 0 Å². The van der Waals surface area contributed by atoms with Crippen LogP contribution in [0.25, 0.3) is 0 Å². The van der Waals surface area contributed by atoms with Crippen LogP contribution in [-0.4, -0.2) is 19.6 Å². The second kappa shape index (κ2) is 3.17. The fourth-order valence-corrected chi connectivity index (χ4v) is 1.42. The Kier molecular flexibility index (Phi) is 1.99. The molecule has 0 amide bonds. The Morgan fingerprint density at radius 3 is 2.79 bits per heavy atom. The number of aryl methyl sites for hydroxylation is 2. The third-order valence-electron chi connectivity index (χ3n) is 2.02. The summed E-state index contributed by atoms with van der Waals surface area (Å²) in [7, 11) is 1.89. The minimum atomic E-state index is 0.674. The molecule has 0 fully saturated rings. The van der Waals surface area contributed by atoms with E-state index in [0.717, 1.165) is 11.3 Å². The average Bonchev–Trinajstić information content (AvgIpc) is 2.61. The SMILES string of the molecule is Cc1cc(N)n(Cc2cnn(C)c2)n1. The Balaban J connectivity index is 2.22. The molecule has 2 rings (SSSR count). The van der Waals surface area contributed by atoms with Gasteiger partial charge in [0.25, 0.3) is 0 Å². The van der Waals surface area contributed by atoms with Crippen LogP contribution in [0, 0.1) is 6.92 Å². The smallest absolute Gasteiger partial charge is 0.122 e. The lowest BCUT2D eigenvalue weighted by molar-refractivity contribution is 0.688. The molecule has 5 nitrogen and oxygen atoms in total. The molecular formula is C9H13N5. The molecule has 5 heteroatoms. The highest BCUT2D eigenvalue weighted by Crippen LogP contribution is 2.08. The van der Waals surface area contributed by atoms with Crippen molar-refractivity contribution in [2.75, 3.05) is 5.73 Å². The summed E-state index contributed by atoms with van der Waals surface area (Å²) in [6.45, 7) is 2.60. The Morgan fingerprint density at radius 1 is 1.50 bits per heavy atom. The van der Waals surface area contributed by atoms with Gasteiger partial charge in [0.15, 0.2) is 0 Å². The molecule has 0 aliphatic heterocycles. The zero-order valence-electron chi connectivity index (χ0n) is 8.31. The van der Waals surface area contributed by atoms with Crippen molar-refractivity contribution in [2.24, 2.45) is 7.05 Å². The maximum Gasteiger partial charge on any atom is 0.122 e. The van der Waals surface area contributed by atoms with Crippen LogP contribution in [0.1, 0.15) is 11.3 Å². The van der Waals surface area contributed by atoms with E-state index in [2.05, 4.69) is 10.2 Å². The van der Waals surface area contributed by atoms with Crippen LogP contribution < -0.4 is 5.73 Å². The highest BCUT2D eigenvalue weighted by molar-refractivity contribution is 5.31. The molecule has 14 heavy (non-hydrogen) atoms. The standard InChI is InChI=1S/C9H13N5/c1-7-3-9(10)14(12-7)6-8-4-11-13(2)5-8/h3-5H,6,10H2,1-2H3. The predicted molar refractivity (Wildman–Crippen MR) is 53.7 cm³/mol. The highest BCUT2D eigenvalue weighted by atomic mass is 15.3. The van der Waals surface area contributed by atoms with E-state index in [1.165, 1.54) is 0 Å². The first kappa shape index (κ1) is 8.80. The van der Waals surface area contributed by atoms with Gasteiger partial charge in [0.05, 0.1) is 18.4 Å². The van der Waals surface area contributed by atoms with Gasteiger partial charge in [-0.3, -0.25) is 4.68 Å². The lowest BCUT2D eigenvalue weighted by atomic mass is 10.4. The molecule has 0 spiro atoms. The van der Waals surface area contributed by atoms with Crippen molar-refractivity contribution in [1.29, 1.82) is 0 Å². The lowest BCUT2D eigenvalue weighted by Crippen LogP contribution is -2.05. The van der Waals surface area contributed by atoms with E-state index in [4.69, 9.17) is 5.73 Å². The van der Waals surface area contributed by atoms with Crippen molar-refractivity contribution < 1.29 is 0 Å². The van der Waals surface area contributed by atoms with Crippen LogP contribution in [0.5, 0.6) is 0 Å². The van der Waals surface area contributed by atoms with Crippen molar-refractivity contribution in [2.45, 2.75) is 13.5 Å². The van der Waals surface area contributed by atoms with Crippen molar-refractivity contribution in [3.05, 3.63) is 29.7 Å². The van der Waals surface area contributed by atoms with Crippen LogP contribution in [0.3, 0.4) is 0 Å². The van der Waals surface area contributed by atoms with Gasteiger partial charge in [0.2, 0.25) is 0 Å². The second-order valence-electron chi connectivity index (χ2n) is 3.39. The van der Waals surface area contributed by atoms with E-state index >= 15 is 0 Å². The molecule has 74 valence electrons. The molecule has 0 aromatic carbocycles. The zero-order chi connectivity index (χ0) is 10.1. The van der Waals surface area contributed by atoms with Gasteiger partial charge < -0.3 is 5.73 Å². The first-order chi connectivity index (χ1) is 6.65. The van der Waals surface area contributed by atoms with Gasteiger partial charge in [-0.2, -0.15) is 10.2 Å². The average molecular weight is 191 g/mol. The first-order valence-electron chi connectivity index (χ1n) is 4.42. The van der Waals surface area contributed by atoms with Gasteiger partial charge in [0, 0.05) is 24.9 Å². The molecule has 2 aromatic heterocycles. The molecule has 2 N–H and O–H groups in total. The Labute approximate surface area is 82.1 Å². The van der Waals surface area contributed by atoms with E-state index < -0.39 is 0 Å². The number of hydrogen-bond donors (Lipinski definition) is 1. The summed E-state index contributed by atoms with van der Waals surface area (Å²) in [6.07, 6.45) is 3.77. The fraction of sp³-hybridized carbons (Fsp3) is 0.333. The summed E-state index contributed by atoms with van der Waals surface area (Å²) < 4.78 is 3.54. The number of rotatable bonds is 2. The van der Waals surface area contributed by atoms with E-state index in [0.29, 0.717) is 12.4 Å². The molecule has 2 heterocycles. The minimum Gasteiger partial charge on any atom is -0.384 e. The van der Waals surface area contributed by atoms with Crippen LogP contribution in [0.15, 0.2) is 18.5 Å². The maximum atomic E-state index is 5.77. The highest BCUT2D eigenvalue weighted by Gasteiger charge is 2.03. The number of nitrogens with two attached hydrogens (primary N) is 1. The number of nitrogen functional groups attached to an aromatic ring is 1. The lowest BCUT2D eigenvalue weighted by Gasteiger charge is -2.00. The Bertz CT molecular complexity index is 440. The molecular weight excluding hydrogens is 178 g/mol. The summed E-state index contributed by atoms with van der Waals surface area (Å²) in [5.41, 5.74) is 7.81. The maximum absolute atomic E-state index is 5.77. The predicted octanol–water partition coefficient (Wildman–Crippen LogP) is 0.556. The largest absolute Gasteiger partial charge is 0.384 e. The van der Waals surface area contributed by atoms with Gasteiger partial charge in [-0.25, -0.2) is 4.68 Å². The number of aromatic nitrogens is 4. The van der Waals surface area contributed by atoms with Crippen LogP contribution in [0.4, 0.5) is 5.82 Å². The third kappa shape index (κ3) is 1.61. The van der Waals surface area contributed by atoms with Gasteiger partial charge in [0.1, 0.15) is 5.82 Å². The van der Waals surface area contributed by atoms with Crippen LogP contribution in [-0.2, 0) is 13.6 Å². The Hall–Kier alpha value is -1.78. The van der Waals surface area contributed by atoms with Crippen LogP contribution >= 0.6 is 0 Å². The topological polar surface area (TPSA) is 61.7 Å². The van der Waals surface area contributed by atoms with Crippen molar-refractivity contribution in [3.8, 4) is 0 Å². The summed E-state index contributed by atoms with van der Waals surface area (Å²) in [6, 6.07) is 1.86. The summed E-state index contributed by atoms with van der Waals surface area (Å²) in [5, 5.41) is 8.35. The molecule has 0 saturated carbocycles. The molecule has 0 unspecified atom stereocenters. The van der Waals surface area contributed by atoms with Gasteiger partial charge in [-0.05, 0) is 6.92 Å². The second-order valence-corrected chi connectivity index (χ2v) is 3.39. The quantitative estimate of drug-likeness (QED) is 0.754. The number of nitrogens with zero attached hydrogens (tertiary/aromatic N) is 4. The molecule has 0 aliphatic carbocycles. The fourth-order valence-electron chi connectivity index (χ4n) is 1.42. The van der Waals surface area contributed by atoms with Crippen molar-refractivity contribution in [3.63, 3.8) is 0 Å². The van der Waals surface area contributed by atoms with Crippen LogP contribution in [0.2, 0.25) is 0 Å². The molecule has 0 saturated heterocycles. The summed E-state index contributed by atoms with van der Waals surface area (Å²) in [5.74, 6) is 0.686. The van der Waals surface area contributed by atoms with E-state index in [1.54, 1.807) is 9.36 Å². The zero-order valence-corrected chi connectivity index (χ0v) is 8.31. The summed E-state index contributed by atoms with van der Waals surface area (Å²) in [4.78, 5) is 0. The third-order valence-corrected chi connectivity index (χ3v) is 2.02. The number of anilines is 1. The number of hydrogen-bond acceptors (Lipinski definition) is 3. The van der Waals surface area contributed by atoms with Crippen molar-refractivity contribution in [1.82, 2.24) is 19.6 Å². The monoisotopic (exact) mass is 191 g/mol. The molecule has 0 radical (unpaired) electrons. The van der Waals surface area contributed by atoms with E-state index in [-0.39, 0.29) is 0 Å². The van der Waals surface area contributed by atoms with Gasteiger partial charge in [-0.1, -0.05) is 0 Å². The van der Waals surface area contributed by atoms with E-state index in [1.807, 2.05) is 32.4 Å².